The predicted octanol–water partition coefficient (Wildman–Crippen LogP) is 2.84. The van der Waals surface area contributed by atoms with Gasteiger partial charge in [-0.1, -0.05) is 26.0 Å². The van der Waals surface area contributed by atoms with Gasteiger partial charge in [0, 0.05) is 12.6 Å². The van der Waals surface area contributed by atoms with Crippen LogP contribution in [0.1, 0.15) is 45.7 Å². The molecule has 0 spiro atoms. The highest BCUT2D eigenvalue weighted by Crippen LogP contribution is 2.19. The first-order chi connectivity index (χ1) is 8.30. The summed E-state index contributed by atoms with van der Waals surface area (Å²) in [5, 5.41) is 22.8. The number of aliphatic hydroxyl groups is 1. The van der Waals surface area contributed by atoms with Gasteiger partial charge in [-0.2, -0.15) is 0 Å². The van der Waals surface area contributed by atoms with E-state index < -0.39 is 5.60 Å². The van der Waals surface area contributed by atoms with Crippen LogP contribution in [0.3, 0.4) is 0 Å². The molecule has 1 rings (SSSR count). The van der Waals surface area contributed by atoms with Gasteiger partial charge >= 0.3 is 0 Å². The van der Waals surface area contributed by atoms with Crippen LogP contribution in [0.2, 0.25) is 0 Å². The molecule has 3 heteroatoms. The van der Waals surface area contributed by atoms with E-state index in [0.29, 0.717) is 12.5 Å². The Balaban J connectivity index is 2.50. The highest BCUT2D eigenvalue weighted by atomic mass is 16.3. The Morgan fingerprint density at radius 1 is 1.17 bits per heavy atom. The van der Waals surface area contributed by atoms with E-state index in [9.17, 15) is 10.2 Å². The molecule has 0 fully saturated rings. The van der Waals surface area contributed by atoms with E-state index >= 15 is 0 Å². The van der Waals surface area contributed by atoms with Crippen molar-refractivity contribution in [1.82, 2.24) is 5.32 Å². The normalized spacial score (nSPS) is 16.6. The highest BCUT2D eigenvalue weighted by molar-refractivity contribution is 5.27. The summed E-state index contributed by atoms with van der Waals surface area (Å²) >= 11 is 0. The molecule has 0 aliphatic heterocycles. The maximum absolute atomic E-state index is 10.2. The molecule has 2 unspecified atom stereocenters. The fourth-order valence-corrected chi connectivity index (χ4v) is 2.21. The van der Waals surface area contributed by atoms with Crippen molar-refractivity contribution in [1.29, 1.82) is 0 Å². The van der Waals surface area contributed by atoms with Crippen LogP contribution in [-0.4, -0.2) is 22.4 Å². The molecule has 0 saturated heterocycles. The summed E-state index contributed by atoms with van der Waals surface area (Å²) in [6.45, 7) is 8.70. The number of nitrogens with one attached hydrogen (secondary N) is 1. The van der Waals surface area contributed by atoms with E-state index in [0.717, 1.165) is 12.0 Å². The molecule has 1 aromatic rings. The van der Waals surface area contributed by atoms with Crippen LogP contribution in [0, 0.1) is 5.92 Å². The van der Waals surface area contributed by atoms with Gasteiger partial charge in [0.15, 0.2) is 0 Å². The summed E-state index contributed by atoms with van der Waals surface area (Å²) in [6.07, 6.45) is 0.780. The molecule has 0 aliphatic carbocycles. The topological polar surface area (TPSA) is 52.5 Å². The van der Waals surface area contributed by atoms with Crippen molar-refractivity contribution in [2.24, 2.45) is 5.92 Å². The molecule has 0 heterocycles. The minimum absolute atomic E-state index is 0.157. The summed E-state index contributed by atoms with van der Waals surface area (Å²) in [4.78, 5) is 0. The van der Waals surface area contributed by atoms with Crippen LogP contribution in [0.5, 0.6) is 5.75 Å². The second kappa shape index (κ2) is 6.21. The Morgan fingerprint density at radius 2 is 1.72 bits per heavy atom. The van der Waals surface area contributed by atoms with Crippen molar-refractivity contribution in [3.05, 3.63) is 29.8 Å². The SMILES string of the molecule is CC(C)CC(C)(O)CNC(C)c1ccc(O)cc1. The third kappa shape index (κ3) is 5.07. The van der Waals surface area contributed by atoms with Gasteiger partial charge in [0.1, 0.15) is 5.75 Å². The van der Waals surface area contributed by atoms with E-state index in [1.54, 1.807) is 12.1 Å². The molecule has 0 radical (unpaired) electrons. The molecule has 18 heavy (non-hydrogen) atoms. The van der Waals surface area contributed by atoms with Crippen molar-refractivity contribution in [3.8, 4) is 5.75 Å². The summed E-state index contributed by atoms with van der Waals surface area (Å²) in [5.74, 6) is 0.753. The first-order valence-corrected chi connectivity index (χ1v) is 6.55. The summed E-state index contributed by atoms with van der Waals surface area (Å²) < 4.78 is 0. The molecule has 0 amide bonds. The summed E-state index contributed by atoms with van der Waals surface area (Å²) in [7, 11) is 0. The number of phenolic OH excluding ortho intramolecular Hbond substituents is 1. The lowest BCUT2D eigenvalue weighted by atomic mass is 9.94. The van der Waals surface area contributed by atoms with Crippen LogP contribution in [0.4, 0.5) is 0 Å². The van der Waals surface area contributed by atoms with E-state index in [4.69, 9.17) is 0 Å². The van der Waals surface area contributed by atoms with Crippen LogP contribution < -0.4 is 5.32 Å². The van der Waals surface area contributed by atoms with E-state index in [2.05, 4.69) is 26.1 Å². The monoisotopic (exact) mass is 251 g/mol. The first-order valence-electron chi connectivity index (χ1n) is 6.55. The lowest BCUT2D eigenvalue weighted by Gasteiger charge is -2.27. The van der Waals surface area contributed by atoms with Crippen molar-refractivity contribution in [2.45, 2.75) is 45.8 Å². The second-order valence-electron chi connectivity index (χ2n) is 5.79. The fraction of sp³-hybridized carbons (Fsp3) is 0.600. The quantitative estimate of drug-likeness (QED) is 0.728. The minimum atomic E-state index is -0.681. The van der Waals surface area contributed by atoms with Gasteiger partial charge in [-0.15, -0.1) is 0 Å². The van der Waals surface area contributed by atoms with Crippen molar-refractivity contribution in [2.75, 3.05) is 6.54 Å². The van der Waals surface area contributed by atoms with E-state index in [-0.39, 0.29) is 11.8 Å². The first kappa shape index (κ1) is 15.0. The van der Waals surface area contributed by atoms with Gasteiger partial charge in [0.2, 0.25) is 0 Å². The van der Waals surface area contributed by atoms with Gasteiger partial charge < -0.3 is 15.5 Å². The molecule has 3 N–H and O–H groups in total. The van der Waals surface area contributed by atoms with E-state index in [1.807, 2.05) is 19.1 Å². The molecule has 3 nitrogen and oxygen atoms in total. The Labute approximate surface area is 110 Å². The summed E-state index contributed by atoms with van der Waals surface area (Å²) in [5.41, 5.74) is 0.424. The maximum atomic E-state index is 10.2. The molecule has 0 bridgehead atoms. The molecular formula is C15H25NO2. The number of aromatic hydroxyl groups is 1. The van der Waals surface area contributed by atoms with Crippen molar-refractivity contribution < 1.29 is 10.2 Å². The molecule has 1 aromatic carbocycles. The number of phenols is 1. The molecule has 0 aliphatic rings. The fourth-order valence-electron chi connectivity index (χ4n) is 2.21. The molecule has 2 atom stereocenters. The average Bonchev–Trinajstić information content (AvgIpc) is 2.25. The number of rotatable bonds is 6. The number of hydrogen-bond donors (Lipinski definition) is 3. The molecular weight excluding hydrogens is 226 g/mol. The maximum Gasteiger partial charge on any atom is 0.115 e. The lowest BCUT2D eigenvalue weighted by molar-refractivity contribution is 0.0363. The Hall–Kier alpha value is -1.06. The average molecular weight is 251 g/mol. The van der Waals surface area contributed by atoms with Crippen molar-refractivity contribution >= 4 is 0 Å². The second-order valence-corrected chi connectivity index (χ2v) is 5.79. The van der Waals surface area contributed by atoms with Crippen molar-refractivity contribution in [3.63, 3.8) is 0 Å². The lowest BCUT2D eigenvalue weighted by Crippen LogP contribution is -2.39. The summed E-state index contributed by atoms with van der Waals surface area (Å²) in [6, 6.07) is 7.30. The Morgan fingerprint density at radius 3 is 2.22 bits per heavy atom. The van der Waals surface area contributed by atoms with Gasteiger partial charge in [-0.25, -0.2) is 0 Å². The highest BCUT2D eigenvalue weighted by Gasteiger charge is 2.22. The minimum Gasteiger partial charge on any atom is -0.508 e. The van der Waals surface area contributed by atoms with Crippen LogP contribution in [-0.2, 0) is 0 Å². The third-order valence-electron chi connectivity index (χ3n) is 3.03. The van der Waals surface area contributed by atoms with Gasteiger partial charge in [-0.05, 0) is 43.9 Å². The van der Waals surface area contributed by atoms with Crippen LogP contribution >= 0.6 is 0 Å². The zero-order valence-electron chi connectivity index (χ0n) is 11.8. The largest absolute Gasteiger partial charge is 0.508 e. The van der Waals surface area contributed by atoms with Gasteiger partial charge in [0.05, 0.1) is 5.60 Å². The third-order valence-corrected chi connectivity index (χ3v) is 3.03. The Kier molecular flexibility index (Phi) is 5.17. The zero-order chi connectivity index (χ0) is 13.8. The smallest absolute Gasteiger partial charge is 0.115 e. The Bertz CT molecular complexity index is 357. The molecule has 0 saturated carbocycles. The predicted molar refractivity (Wildman–Crippen MR) is 74.6 cm³/mol. The van der Waals surface area contributed by atoms with Crippen LogP contribution in [0.25, 0.3) is 0 Å². The standard InChI is InChI=1S/C15H25NO2/c1-11(2)9-15(4,18)10-16-12(3)13-5-7-14(17)8-6-13/h5-8,11-12,16-18H,9-10H2,1-4H3. The van der Waals surface area contributed by atoms with Crippen LogP contribution in [0.15, 0.2) is 24.3 Å². The molecule has 102 valence electrons. The number of benzene rings is 1. The van der Waals surface area contributed by atoms with Gasteiger partial charge in [0.25, 0.3) is 0 Å². The molecule has 0 aromatic heterocycles. The zero-order valence-corrected chi connectivity index (χ0v) is 11.8. The number of hydrogen-bond acceptors (Lipinski definition) is 3. The van der Waals surface area contributed by atoms with Gasteiger partial charge in [-0.3, -0.25) is 0 Å². The van der Waals surface area contributed by atoms with E-state index in [1.165, 1.54) is 0 Å².